The molecule has 3 aromatic carbocycles. The number of fused-ring (bicyclic) bond motifs is 2. The van der Waals surface area contributed by atoms with Crippen molar-refractivity contribution in [2.75, 3.05) is 0 Å². The second-order valence-corrected chi connectivity index (χ2v) is 7.33. The van der Waals surface area contributed by atoms with Crippen molar-refractivity contribution in [3.63, 3.8) is 0 Å². The number of aromatic nitrogens is 4. The van der Waals surface area contributed by atoms with Gasteiger partial charge >= 0.3 is 0 Å². The minimum atomic E-state index is 0.663. The summed E-state index contributed by atoms with van der Waals surface area (Å²) in [6, 6.07) is 24.3. The van der Waals surface area contributed by atoms with Crippen molar-refractivity contribution in [1.29, 1.82) is 0 Å². The third-order valence-corrected chi connectivity index (χ3v) is 5.34. The van der Waals surface area contributed by atoms with Gasteiger partial charge in [-0.3, -0.25) is 4.98 Å². The Morgan fingerprint density at radius 1 is 0.968 bits per heavy atom. The molecular weight excluding hydrogens is 382 g/mol. The predicted molar refractivity (Wildman–Crippen MR) is 127 cm³/mol. The molecule has 0 aliphatic rings. The van der Waals surface area contributed by atoms with Crippen molar-refractivity contribution in [2.24, 2.45) is 0 Å². The number of pyridine rings is 1. The summed E-state index contributed by atoms with van der Waals surface area (Å²) in [5, 5.41) is 13.0. The van der Waals surface area contributed by atoms with Crippen LogP contribution in [0.5, 0.6) is 0 Å². The molecule has 0 unspecified atom stereocenters. The number of hydrogen-bond donors (Lipinski definition) is 1. The zero-order valence-electron chi connectivity index (χ0n) is 17.0. The zero-order valence-corrected chi connectivity index (χ0v) is 17.0. The summed E-state index contributed by atoms with van der Waals surface area (Å²) in [6.45, 7) is 8.75. The molecule has 0 atom stereocenters. The van der Waals surface area contributed by atoms with Crippen molar-refractivity contribution in [1.82, 2.24) is 25.3 Å². The lowest BCUT2D eigenvalue weighted by Gasteiger charge is -2.13. The van der Waals surface area contributed by atoms with Crippen molar-refractivity contribution < 1.29 is 0 Å². The van der Waals surface area contributed by atoms with E-state index < -0.39 is 0 Å². The highest BCUT2D eigenvalue weighted by Gasteiger charge is 2.08. The van der Waals surface area contributed by atoms with E-state index in [0.717, 1.165) is 50.0 Å². The van der Waals surface area contributed by atoms with E-state index in [2.05, 4.69) is 52.0 Å². The molecule has 5 aromatic rings. The Labute approximate surface area is 180 Å². The summed E-state index contributed by atoms with van der Waals surface area (Å²) in [6.07, 6.45) is 3.68. The lowest BCUT2D eigenvalue weighted by atomic mass is 10.0. The van der Waals surface area contributed by atoms with Gasteiger partial charge in [-0.05, 0) is 41.5 Å². The molecule has 0 fully saturated rings. The molecule has 5 rings (SSSR count). The molecule has 2 aromatic heterocycles. The summed E-state index contributed by atoms with van der Waals surface area (Å²) < 4.78 is 1.82. The van der Waals surface area contributed by atoms with E-state index in [1.54, 1.807) is 0 Å². The first-order chi connectivity index (χ1) is 15.2. The standard InChI is InChI=1S/C26H21N5/c1-3-20-8-4-5-9-23(20)18(2)27-16-19-12-13-24-21(14-19)15-22(17-28-24)31-26-11-7-6-10-25(26)29-30-31/h3-15,17,27H,1-2,16H2. The Hall–Kier alpha value is -4.25. The third kappa shape index (κ3) is 3.57. The topological polar surface area (TPSA) is 55.6 Å². The van der Waals surface area contributed by atoms with Crippen molar-refractivity contribution in [3.05, 3.63) is 109 Å². The normalized spacial score (nSPS) is 11.0. The third-order valence-electron chi connectivity index (χ3n) is 5.34. The first-order valence-corrected chi connectivity index (χ1v) is 10.1. The zero-order chi connectivity index (χ0) is 21.2. The lowest BCUT2D eigenvalue weighted by molar-refractivity contribution is 0.821. The maximum atomic E-state index is 4.61. The van der Waals surface area contributed by atoms with Gasteiger partial charge in [-0.15, -0.1) is 5.10 Å². The molecule has 0 spiro atoms. The van der Waals surface area contributed by atoms with Crippen LogP contribution in [0.3, 0.4) is 0 Å². The minimum Gasteiger partial charge on any atom is -0.381 e. The SMILES string of the molecule is C=Cc1ccccc1C(=C)NCc1ccc2ncc(-n3nnc4ccccc43)cc2c1. The lowest BCUT2D eigenvalue weighted by Crippen LogP contribution is -2.11. The average Bonchev–Trinajstić information content (AvgIpc) is 3.26. The van der Waals surface area contributed by atoms with Gasteiger partial charge in [0, 0.05) is 23.2 Å². The maximum absolute atomic E-state index is 4.61. The van der Waals surface area contributed by atoms with Crippen LogP contribution in [-0.2, 0) is 6.54 Å². The highest BCUT2D eigenvalue weighted by molar-refractivity contribution is 5.82. The highest BCUT2D eigenvalue weighted by atomic mass is 15.4. The van der Waals surface area contributed by atoms with E-state index in [-0.39, 0.29) is 0 Å². The Bertz CT molecular complexity index is 1430. The predicted octanol–water partition coefficient (Wildman–Crippen LogP) is 5.37. The highest BCUT2D eigenvalue weighted by Crippen LogP contribution is 2.22. The fraction of sp³-hybridized carbons (Fsp3) is 0.0385. The van der Waals surface area contributed by atoms with Crippen molar-refractivity contribution in [2.45, 2.75) is 6.54 Å². The molecular formula is C26H21N5. The van der Waals surface area contributed by atoms with Gasteiger partial charge in [0.2, 0.25) is 0 Å². The van der Waals surface area contributed by atoms with E-state index >= 15 is 0 Å². The summed E-state index contributed by atoms with van der Waals surface area (Å²) in [5.74, 6) is 0. The van der Waals surface area contributed by atoms with Crippen LogP contribution in [-0.4, -0.2) is 20.0 Å². The quantitative estimate of drug-likeness (QED) is 0.414. The number of nitrogens with zero attached hydrogens (tertiary/aromatic N) is 4. The molecule has 0 saturated heterocycles. The minimum absolute atomic E-state index is 0.663. The average molecular weight is 403 g/mol. The van der Waals surface area contributed by atoms with Crippen LogP contribution in [0.2, 0.25) is 0 Å². The van der Waals surface area contributed by atoms with Gasteiger partial charge in [0.25, 0.3) is 0 Å². The number of benzene rings is 3. The second-order valence-electron chi connectivity index (χ2n) is 7.33. The van der Waals surface area contributed by atoms with Crippen LogP contribution in [0.25, 0.3) is 39.4 Å². The van der Waals surface area contributed by atoms with Crippen molar-refractivity contribution >= 4 is 33.7 Å². The Morgan fingerprint density at radius 2 is 1.81 bits per heavy atom. The number of hydrogen-bond acceptors (Lipinski definition) is 4. The second kappa shape index (κ2) is 7.88. The number of nitrogens with one attached hydrogen (secondary N) is 1. The van der Waals surface area contributed by atoms with Crippen molar-refractivity contribution in [3.8, 4) is 5.69 Å². The molecule has 0 radical (unpaired) electrons. The summed E-state index contributed by atoms with van der Waals surface area (Å²) in [7, 11) is 0. The molecule has 150 valence electrons. The first kappa shape index (κ1) is 18.8. The van der Waals surface area contributed by atoms with Gasteiger partial charge < -0.3 is 5.32 Å². The fourth-order valence-corrected chi connectivity index (χ4v) is 3.71. The van der Waals surface area contributed by atoms with Gasteiger partial charge in [0.05, 0.1) is 22.9 Å². The van der Waals surface area contributed by atoms with Gasteiger partial charge in [-0.2, -0.15) is 0 Å². The fourth-order valence-electron chi connectivity index (χ4n) is 3.71. The van der Waals surface area contributed by atoms with Crippen LogP contribution in [0.1, 0.15) is 16.7 Å². The Kier molecular flexibility index (Phi) is 4.77. The van der Waals surface area contributed by atoms with Crippen LogP contribution in [0, 0.1) is 0 Å². The maximum Gasteiger partial charge on any atom is 0.113 e. The van der Waals surface area contributed by atoms with Crippen LogP contribution < -0.4 is 5.32 Å². The summed E-state index contributed by atoms with van der Waals surface area (Å²) in [4.78, 5) is 4.61. The van der Waals surface area contributed by atoms with E-state index in [1.165, 1.54) is 0 Å². The number of rotatable bonds is 6. The molecule has 0 aliphatic carbocycles. The summed E-state index contributed by atoms with van der Waals surface area (Å²) >= 11 is 0. The smallest absolute Gasteiger partial charge is 0.113 e. The molecule has 5 nitrogen and oxygen atoms in total. The molecule has 1 N–H and O–H groups in total. The van der Waals surface area contributed by atoms with E-state index in [9.17, 15) is 0 Å². The molecule has 0 saturated carbocycles. The van der Waals surface area contributed by atoms with Crippen LogP contribution in [0.15, 0.2) is 92.2 Å². The molecule has 0 aliphatic heterocycles. The summed E-state index contributed by atoms with van der Waals surface area (Å²) in [5.41, 5.74) is 7.78. The monoisotopic (exact) mass is 403 g/mol. The van der Waals surface area contributed by atoms with E-state index in [4.69, 9.17) is 0 Å². The molecule has 0 bridgehead atoms. The van der Waals surface area contributed by atoms with Gasteiger partial charge in [-0.25, -0.2) is 4.68 Å². The van der Waals surface area contributed by atoms with E-state index in [1.807, 2.05) is 71.6 Å². The van der Waals surface area contributed by atoms with Gasteiger partial charge in [-0.1, -0.05) is 66.9 Å². The van der Waals surface area contributed by atoms with Crippen LogP contribution in [0.4, 0.5) is 0 Å². The molecule has 2 heterocycles. The molecule has 0 amide bonds. The van der Waals surface area contributed by atoms with Gasteiger partial charge in [0.1, 0.15) is 5.52 Å². The van der Waals surface area contributed by atoms with E-state index in [0.29, 0.717) is 6.54 Å². The first-order valence-electron chi connectivity index (χ1n) is 10.1. The Balaban J connectivity index is 1.42. The Morgan fingerprint density at radius 3 is 2.71 bits per heavy atom. The number of para-hydroxylation sites is 1. The van der Waals surface area contributed by atoms with Crippen LogP contribution >= 0.6 is 0 Å². The largest absolute Gasteiger partial charge is 0.381 e. The van der Waals surface area contributed by atoms with Gasteiger partial charge in [0.15, 0.2) is 0 Å². The molecule has 31 heavy (non-hydrogen) atoms. The molecule has 5 heteroatoms.